The van der Waals surface area contributed by atoms with Gasteiger partial charge in [-0.2, -0.15) is 0 Å². The molecule has 120 valence electrons. The van der Waals surface area contributed by atoms with E-state index in [0.29, 0.717) is 10.7 Å². The number of rotatable bonds is 4. The monoisotopic (exact) mass is 338 g/mol. The van der Waals surface area contributed by atoms with Gasteiger partial charge in [-0.1, -0.05) is 41.9 Å². The highest BCUT2D eigenvalue weighted by molar-refractivity contribution is 6.30. The highest BCUT2D eigenvalue weighted by Gasteiger charge is 2.07. The summed E-state index contributed by atoms with van der Waals surface area (Å²) in [6.45, 7) is 0. The summed E-state index contributed by atoms with van der Waals surface area (Å²) < 4.78 is 1.50. The quantitative estimate of drug-likeness (QED) is 0.789. The van der Waals surface area contributed by atoms with E-state index < -0.39 is 0 Å². The van der Waals surface area contributed by atoms with Crippen molar-refractivity contribution in [3.63, 3.8) is 0 Å². The summed E-state index contributed by atoms with van der Waals surface area (Å²) in [5.74, 6) is -0.171. The van der Waals surface area contributed by atoms with Crippen molar-refractivity contribution in [2.45, 2.75) is 6.42 Å². The molecule has 0 saturated heterocycles. The average molecular weight is 339 g/mol. The molecule has 0 unspecified atom stereocenters. The summed E-state index contributed by atoms with van der Waals surface area (Å²) in [6.07, 6.45) is 1.83. The Morgan fingerprint density at radius 2 is 1.79 bits per heavy atom. The predicted octanol–water partition coefficient (Wildman–Crippen LogP) is 3.67. The largest absolute Gasteiger partial charge is 0.324 e. The van der Waals surface area contributed by atoms with E-state index in [-0.39, 0.29) is 17.9 Å². The highest BCUT2D eigenvalue weighted by Crippen LogP contribution is 2.13. The molecule has 0 spiro atoms. The third kappa shape index (κ3) is 3.91. The summed E-state index contributed by atoms with van der Waals surface area (Å²) in [4.78, 5) is 24.2. The van der Waals surface area contributed by atoms with Crippen LogP contribution >= 0.6 is 11.6 Å². The number of carbonyl (C=O) groups is 1. The second-order valence-corrected chi connectivity index (χ2v) is 5.75. The predicted molar refractivity (Wildman–Crippen MR) is 95.8 cm³/mol. The van der Waals surface area contributed by atoms with Crippen LogP contribution in [0.5, 0.6) is 0 Å². The lowest BCUT2D eigenvalue weighted by Gasteiger charge is -2.10. The first-order chi connectivity index (χ1) is 11.6. The number of hydrogen-bond donors (Lipinski definition) is 1. The van der Waals surface area contributed by atoms with E-state index in [1.54, 1.807) is 30.5 Å². The lowest BCUT2D eigenvalue weighted by atomic mass is 10.1. The fourth-order valence-corrected chi connectivity index (χ4v) is 2.60. The SMILES string of the molecule is O=C(Cc1cccc(Cl)c1)Nc1ccc(=O)n(-c2ccccc2)c1. The molecule has 3 rings (SSSR count). The molecule has 0 bridgehead atoms. The smallest absolute Gasteiger partial charge is 0.255 e. The minimum Gasteiger partial charge on any atom is -0.324 e. The topological polar surface area (TPSA) is 51.1 Å². The number of para-hydroxylation sites is 1. The van der Waals surface area contributed by atoms with Gasteiger partial charge in [-0.05, 0) is 35.9 Å². The Bertz CT molecular complexity index is 920. The van der Waals surface area contributed by atoms with E-state index in [0.717, 1.165) is 11.3 Å². The number of nitrogens with zero attached hydrogens (tertiary/aromatic N) is 1. The molecular weight excluding hydrogens is 324 g/mol. The minimum absolute atomic E-state index is 0.158. The maximum Gasteiger partial charge on any atom is 0.255 e. The molecule has 5 heteroatoms. The number of pyridine rings is 1. The van der Waals surface area contributed by atoms with Crippen LogP contribution in [0.15, 0.2) is 77.7 Å². The molecule has 1 amide bonds. The van der Waals surface area contributed by atoms with Gasteiger partial charge in [0.05, 0.1) is 12.1 Å². The molecule has 2 aromatic carbocycles. The summed E-state index contributed by atoms with van der Waals surface area (Å²) in [5.41, 5.74) is 1.98. The second kappa shape index (κ2) is 7.15. The van der Waals surface area contributed by atoms with Crippen molar-refractivity contribution in [3.8, 4) is 5.69 Å². The molecule has 0 radical (unpaired) electrons. The van der Waals surface area contributed by atoms with Crippen LogP contribution in [-0.4, -0.2) is 10.5 Å². The Balaban J connectivity index is 1.78. The van der Waals surface area contributed by atoms with Crippen LogP contribution in [0.2, 0.25) is 5.02 Å². The van der Waals surface area contributed by atoms with Gasteiger partial charge in [0.1, 0.15) is 0 Å². The van der Waals surface area contributed by atoms with Gasteiger partial charge in [-0.3, -0.25) is 14.2 Å². The van der Waals surface area contributed by atoms with Crippen LogP contribution < -0.4 is 10.9 Å². The standard InChI is InChI=1S/C19H15ClN2O2/c20-15-6-4-5-14(11-15)12-18(23)21-16-9-10-19(24)22(13-16)17-7-2-1-3-8-17/h1-11,13H,12H2,(H,21,23). The Hall–Kier alpha value is -2.85. The fraction of sp³-hybridized carbons (Fsp3) is 0.0526. The Kier molecular flexibility index (Phi) is 4.77. The molecule has 1 aromatic heterocycles. The molecule has 0 aliphatic heterocycles. The van der Waals surface area contributed by atoms with Gasteiger partial charge in [-0.25, -0.2) is 0 Å². The molecule has 0 aliphatic carbocycles. The first-order valence-corrected chi connectivity index (χ1v) is 7.82. The van der Waals surface area contributed by atoms with Crippen molar-refractivity contribution in [1.82, 2.24) is 4.57 Å². The number of amides is 1. The molecule has 1 N–H and O–H groups in total. The number of nitrogens with one attached hydrogen (secondary N) is 1. The number of aromatic nitrogens is 1. The van der Waals surface area contributed by atoms with Crippen LogP contribution in [0.1, 0.15) is 5.56 Å². The van der Waals surface area contributed by atoms with E-state index in [1.807, 2.05) is 36.4 Å². The fourth-order valence-electron chi connectivity index (χ4n) is 2.39. The summed E-state index contributed by atoms with van der Waals surface area (Å²) in [7, 11) is 0. The number of hydrogen-bond acceptors (Lipinski definition) is 2. The molecular formula is C19H15ClN2O2. The molecule has 1 heterocycles. The number of carbonyl (C=O) groups excluding carboxylic acids is 1. The van der Waals surface area contributed by atoms with E-state index in [1.165, 1.54) is 10.6 Å². The van der Waals surface area contributed by atoms with E-state index >= 15 is 0 Å². The van der Waals surface area contributed by atoms with Crippen LogP contribution in [0.4, 0.5) is 5.69 Å². The molecule has 0 fully saturated rings. The van der Waals surface area contributed by atoms with Gasteiger partial charge >= 0.3 is 0 Å². The average Bonchev–Trinajstić information content (AvgIpc) is 2.57. The molecule has 0 saturated carbocycles. The van der Waals surface area contributed by atoms with Crippen LogP contribution in [0, 0.1) is 0 Å². The van der Waals surface area contributed by atoms with Crippen molar-refractivity contribution in [1.29, 1.82) is 0 Å². The molecule has 4 nitrogen and oxygen atoms in total. The van der Waals surface area contributed by atoms with Gasteiger partial charge in [0, 0.05) is 23.0 Å². The Morgan fingerprint density at radius 3 is 2.54 bits per heavy atom. The molecule has 0 aliphatic rings. The first-order valence-electron chi connectivity index (χ1n) is 7.44. The lowest BCUT2D eigenvalue weighted by Crippen LogP contribution is -2.20. The molecule has 3 aromatic rings. The van der Waals surface area contributed by atoms with E-state index in [4.69, 9.17) is 11.6 Å². The van der Waals surface area contributed by atoms with Crippen molar-refractivity contribution in [2.24, 2.45) is 0 Å². The Morgan fingerprint density at radius 1 is 1.00 bits per heavy atom. The van der Waals surface area contributed by atoms with Crippen molar-refractivity contribution in [3.05, 3.63) is 93.9 Å². The van der Waals surface area contributed by atoms with Crippen LogP contribution in [-0.2, 0) is 11.2 Å². The third-order valence-electron chi connectivity index (χ3n) is 3.48. The van der Waals surface area contributed by atoms with Crippen molar-refractivity contribution >= 4 is 23.2 Å². The van der Waals surface area contributed by atoms with Gasteiger partial charge in [-0.15, -0.1) is 0 Å². The summed E-state index contributed by atoms with van der Waals surface area (Å²) in [6, 6.07) is 19.4. The van der Waals surface area contributed by atoms with E-state index in [2.05, 4.69) is 5.32 Å². The maximum absolute atomic E-state index is 12.2. The maximum atomic E-state index is 12.2. The van der Waals surface area contributed by atoms with E-state index in [9.17, 15) is 9.59 Å². The van der Waals surface area contributed by atoms with Gasteiger partial charge in [0.15, 0.2) is 0 Å². The van der Waals surface area contributed by atoms with Crippen molar-refractivity contribution < 1.29 is 4.79 Å². The van der Waals surface area contributed by atoms with Crippen LogP contribution in [0.25, 0.3) is 5.69 Å². The minimum atomic E-state index is -0.171. The van der Waals surface area contributed by atoms with Gasteiger partial charge < -0.3 is 5.32 Å². The molecule has 24 heavy (non-hydrogen) atoms. The van der Waals surface area contributed by atoms with Crippen LogP contribution in [0.3, 0.4) is 0 Å². The summed E-state index contributed by atoms with van der Waals surface area (Å²) >= 11 is 5.92. The third-order valence-corrected chi connectivity index (χ3v) is 3.72. The van der Waals surface area contributed by atoms with Crippen molar-refractivity contribution in [2.75, 3.05) is 5.32 Å². The zero-order chi connectivity index (χ0) is 16.9. The number of benzene rings is 2. The van der Waals surface area contributed by atoms with Gasteiger partial charge in [0.2, 0.25) is 5.91 Å². The highest BCUT2D eigenvalue weighted by atomic mass is 35.5. The zero-order valence-electron chi connectivity index (χ0n) is 12.8. The lowest BCUT2D eigenvalue weighted by molar-refractivity contribution is -0.115. The molecule has 0 atom stereocenters. The van der Waals surface area contributed by atoms with Gasteiger partial charge in [0.25, 0.3) is 5.56 Å². The normalized spacial score (nSPS) is 10.4. The second-order valence-electron chi connectivity index (χ2n) is 5.32. The number of halogens is 1. The Labute approximate surface area is 144 Å². The number of anilines is 1. The summed E-state index contributed by atoms with van der Waals surface area (Å²) in [5, 5.41) is 3.40. The zero-order valence-corrected chi connectivity index (χ0v) is 13.5. The first kappa shape index (κ1) is 16.0.